The van der Waals surface area contributed by atoms with E-state index in [4.69, 9.17) is 91.8 Å². The molecule has 0 spiro atoms. The number of aliphatic hydroxyl groups excluding tert-OH is 28. The number of aryl methyl sites for hydroxylation is 6. The second-order valence-corrected chi connectivity index (χ2v) is 32.2. The minimum atomic E-state index is -1.61. The number of aromatic hydroxyl groups is 5. The molecule has 7 saturated heterocycles. The van der Waals surface area contributed by atoms with Gasteiger partial charge in [-0.25, -0.2) is 0 Å². The van der Waals surface area contributed by atoms with E-state index in [-0.39, 0.29) is 63.2 Å². The number of benzene rings is 6. The van der Waals surface area contributed by atoms with Crippen LogP contribution in [0.2, 0.25) is 0 Å². The van der Waals surface area contributed by atoms with Gasteiger partial charge < -0.3 is 235 Å². The molecule has 133 heavy (non-hydrogen) atoms. The van der Waals surface area contributed by atoms with Crippen molar-refractivity contribution in [2.24, 2.45) is 0 Å². The van der Waals surface area contributed by atoms with Crippen molar-refractivity contribution < 1.29 is 235 Å². The monoisotopic (exact) mass is 1910 g/mol. The maximum absolute atomic E-state index is 10.1. The topological polar surface area (TPSA) is 797 Å². The molecule has 47 heteroatoms. The van der Waals surface area contributed by atoms with Crippen molar-refractivity contribution in [1.82, 2.24) is 0 Å². The highest BCUT2D eigenvalue weighted by atomic mass is 16.8. The molecule has 47 nitrogen and oxygen atoms in total. The van der Waals surface area contributed by atoms with Crippen LogP contribution < -0.4 is 33.2 Å². The largest absolute Gasteiger partial charge is 0.508 e. The fourth-order valence-electron chi connectivity index (χ4n) is 14.0. The zero-order chi connectivity index (χ0) is 98.9. The summed E-state index contributed by atoms with van der Waals surface area (Å²) in [4.78, 5) is 0. The van der Waals surface area contributed by atoms with Gasteiger partial charge in [0.25, 0.3) is 0 Å². The van der Waals surface area contributed by atoms with Gasteiger partial charge in [-0.15, -0.1) is 0 Å². The summed E-state index contributed by atoms with van der Waals surface area (Å²) in [5.41, 5.74) is 4.98. The molecule has 33 N–H and O–H groups in total. The maximum Gasteiger partial charge on any atom is 0.229 e. The highest BCUT2D eigenvalue weighted by molar-refractivity contribution is 5.53. The molecule has 6 aromatic rings. The first kappa shape index (κ1) is 110. The van der Waals surface area contributed by atoms with Crippen LogP contribution in [-0.4, -0.2) is 430 Å². The van der Waals surface area contributed by atoms with E-state index in [1.165, 1.54) is 48.5 Å². The van der Waals surface area contributed by atoms with Crippen molar-refractivity contribution in [3.8, 4) is 69.0 Å². The minimum Gasteiger partial charge on any atom is -0.508 e. The Kier molecular flexibility index (Phi) is 40.9. The second kappa shape index (κ2) is 49.5. The van der Waals surface area contributed by atoms with Gasteiger partial charge in [0.1, 0.15) is 240 Å². The molecule has 0 aliphatic carbocycles. The third-order valence-corrected chi connectivity index (χ3v) is 22.4. The number of aliphatic hydroxyl groups is 28. The molecule has 13 rings (SSSR count). The van der Waals surface area contributed by atoms with Gasteiger partial charge in [-0.2, -0.15) is 0 Å². The Bertz CT molecular complexity index is 4430. The number of phenolic OH excluding ortho intramolecular Hbond substituents is 5. The summed E-state index contributed by atoms with van der Waals surface area (Å²) in [6, 6.07) is 24.2. The van der Waals surface area contributed by atoms with Gasteiger partial charge >= 0.3 is 0 Å². The summed E-state index contributed by atoms with van der Waals surface area (Å²) in [7, 11) is 0. The molecule has 0 bridgehead atoms. The van der Waals surface area contributed by atoms with Crippen LogP contribution >= 0.6 is 0 Å². The number of hydrogen-bond donors (Lipinski definition) is 33. The van der Waals surface area contributed by atoms with Crippen LogP contribution in [0.15, 0.2) is 97.1 Å². The molecule has 0 radical (unpaired) electrons. The first-order valence-corrected chi connectivity index (χ1v) is 41.6. The Morgan fingerprint density at radius 3 is 0.767 bits per heavy atom. The molecule has 0 amide bonds. The summed E-state index contributed by atoms with van der Waals surface area (Å²) in [5, 5.41) is 318. The highest BCUT2D eigenvalue weighted by Gasteiger charge is 2.52. The molecule has 6 aromatic carbocycles. The van der Waals surface area contributed by atoms with Crippen molar-refractivity contribution in [3.05, 3.63) is 142 Å². The predicted octanol–water partition coefficient (Wildman–Crippen LogP) is -8.63. The third kappa shape index (κ3) is 27.1. The van der Waals surface area contributed by atoms with Gasteiger partial charge in [0, 0.05) is 35.4 Å². The normalized spacial score (nSPS) is 35.3. The molecule has 7 fully saturated rings. The standard InChI is InChI=1S/C19H28O12.C15H22O7.4C13H18O7/c1-7-2-3-8(28-18-16(26)14(24)12(22)10(5-20)30-18)4-9(7)29-19-17(27)15(25)13(23)11(6-21)31-19;1-6-4-7(2)14(8(3)10(6)17)22-15-13(20)12(19)11(18)9(5-16)21-15;1-6-2-3-7(4-8(6)15)19-13-12(18)11(17)10(16)9(5-14)20-13;2*1-6-2-3-7(15)4-8(6)19-13-12(18)11(17)10(16)9(5-14)20-13;1-6-7(15)3-2-4-8(6)19-13-12(18)11(17)10(16)9(5-14)20-13/h2-4,10-27H,5-6H2,1H3;4,9,11-13,15-20H,5H2,1-3H3;4*2-4,9-18H,5H2,1H3/t10?,11?,12-,13-,14+,15+,16?,17?,18-,19-;9?,11-,12+,13?,15+;4*9?,10-,11+,12?,13-/m111111/s1. The quantitative estimate of drug-likeness (QED) is 0.0318. The van der Waals surface area contributed by atoms with Crippen molar-refractivity contribution >= 4 is 0 Å². The fourth-order valence-corrected chi connectivity index (χ4v) is 14.0. The maximum atomic E-state index is 10.1. The van der Waals surface area contributed by atoms with Gasteiger partial charge in [0.2, 0.25) is 44.0 Å². The molecule has 35 atom stereocenters. The third-order valence-electron chi connectivity index (χ3n) is 22.4. The lowest BCUT2D eigenvalue weighted by Gasteiger charge is -2.40. The van der Waals surface area contributed by atoms with Crippen molar-refractivity contribution in [1.29, 1.82) is 0 Å². The second-order valence-electron chi connectivity index (χ2n) is 32.2. The molecular formula is C86H122O47. The lowest BCUT2D eigenvalue weighted by atomic mass is 9.99. The van der Waals surface area contributed by atoms with Gasteiger partial charge in [0.15, 0.2) is 0 Å². The van der Waals surface area contributed by atoms with Gasteiger partial charge in [0.05, 0.1) is 46.2 Å². The number of rotatable bonds is 21. The Labute approximate surface area is 759 Å². The lowest BCUT2D eigenvalue weighted by molar-refractivity contribution is -0.278. The van der Waals surface area contributed by atoms with Gasteiger partial charge in [-0.3, -0.25) is 0 Å². The average molecular weight is 1910 g/mol. The van der Waals surface area contributed by atoms with Gasteiger partial charge in [-0.05, 0) is 131 Å². The smallest absolute Gasteiger partial charge is 0.229 e. The van der Waals surface area contributed by atoms with E-state index < -0.39 is 261 Å². The van der Waals surface area contributed by atoms with Crippen LogP contribution in [0.1, 0.15) is 44.5 Å². The van der Waals surface area contributed by atoms with E-state index in [0.29, 0.717) is 44.7 Å². The Balaban J connectivity index is 0.000000198. The van der Waals surface area contributed by atoms with Crippen molar-refractivity contribution in [2.75, 3.05) is 46.2 Å². The van der Waals surface area contributed by atoms with Crippen LogP contribution in [0.5, 0.6) is 69.0 Å². The number of hydrogen-bond acceptors (Lipinski definition) is 47. The minimum absolute atomic E-state index is 0.0183. The molecule has 14 unspecified atom stereocenters. The van der Waals surface area contributed by atoms with Crippen molar-refractivity contribution in [2.45, 2.75) is 270 Å². The molecule has 7 heterocycles. The number of phenols is 5. The van der Waals surface area contributed by atoms with Crippen LogP contribution in [0.4, 0.5) is 0 Å². The number of ether oxygens (including phenoxy) is 14. The van der Waals surface area contributed by atoms with Crippen LogP contribution in [-0.2, 0) is 33.2 Å². The summed E-state index contributed by atoms with van der Waals surface area (Å²) >= 11 is 0. The van der Waals surface area contributed by atoms with Crippen LogP contribution in [0.3, 0.4) is 0 Å². The van der Waals surface area contributed by atoms with Crippen LogP contribution in [0, 0.1) is 55.4 Å². The summed E-state index contributed by atoms with van der Waals surface area (Å²) in [6.07, 6.45) is -48.1. The predicted molar refractivity (Wildman–Crippen MR) is 446 cm³/mol. The van der Waals surface area contributed by atoms with Crippen LogP contribution in [0.25, 0.3) is 0 Å². The zero-order valence-electron chi connectivity index (χ0n) is 72.9. The van der Waals surface area contributed by atoms with E-state index in [0.717, 1.165) is 5.56 Å². The summed E-state index contributed by atoms with van der Waals surface area (Å²) in [5.74, 6) is 1.73. The van der Waals surface area contributed by atoms with Crippen molar-refractivity contribution in [3.63, 3.8) is 0 Å². The summed E-state index contributed by atoms with van der Waals surface area (Å²) < 4.78 is 75.1. The molecular weight excluding hydrogens is 1780 g/mol. The first-order valence-electron chi connectivity index (χ1n) is 41.6. The fraction of sp³-hybridized carbons (Fsp3) is 0.581. The summed E-state index contributed by atoms with van der Waals surface area (Å²) in [6.45, 7) is 9.84. The lowest BCUT2D eigenvalue weighted by Crippen LogP contribution is -2.60. The molecule has 0 saturated carbocycles. The molecule has 0 aromatic heterocycles. The Morgan fingerprint density at radius 1 is 0.218 bits per heavy atom. The SMILES string of the molecule is Cc1c(O)cccc1O[C@@H]1OC(CO)[C@@H](O)[C@H](O)C1O.Cc1cc(C)c(O[C@@H]2OC(CO)[C@@H](O)[C@H](O)C2O)c(C)c1O.Cc1ccc(O)cc1O[C@@H]1OC(CO)[C@@H](O)[C@H](O)C1O.Cc1ccc(O)cc1O[C@@H]1OC(CO)[C@@H](O)[C@H](O)C1O.Cc1ccc(O[C@@H]2OC(CO)[C@@H](O)[C@H](O)C2O)cc1O.Cc1ccc(O[C@@H]2OC(CO)[C@@H](O)[C@H](O)C2O)cc1O[C@@H]1OC(CO)[C@@H](O)[C@H](O)C1O. The Morgan fingerprint density at radius 2 is 0.474 bits per heavy atom. The first-order chi connectivity index (χ1) is 62.7. The molecule has 748 valence electrons. The van der Waals surface area contributed by atoms with E-state index in [2.05, 4.69) is 0 Å². The van der Waals surface area contributed by atoms with E-state index in [1.807, 2.05) is 0 Å². The zero-order valence-corrected chi connectivity index (χ0v) is 72.9. The van der Waals surface area contributed by atoms with Gasteiger partial charge in [-0.1, -0.05) is 30.3 Å². The van der Waals surface area contributed by atoms with E-state index in [1.54, 1.807) is 104 Å². The Hall–Kier alpha value is -8.48. The molecule has 7 aliphatic rings. The van der Waals surface area contributed by atoms with E-state index >= 15 is 0 Å². The average Bonchev–Trinajstić information content (AvgIpc) is 1.00. The van der Waals surface area contributed by atoms with E-state index in [9.17, 15) is 143 Å². The highest BCUT2D eigenvalue weighted by Crippen LogP contribution is 2.40. The molecule has 7 aliphatic heterocycles.